The molecular weight excluding hydrogens is 315 g/mol. The van der Waals surface area contributed by atoms with Crippen molar-refractivity contribution in [3.8, 4) is 0 Å². The van der Waals surface area contributed by atoms with Gasteiger partial charge in [0.1, 0.15) is 0 Å². The monoisotopic (exact) mass is 328 g/mol. The fourth-order valence-electron chi connectivity index (χ4n) is 1.66. The second-order valence-corrected chi connectivity index (χ2v) is 5.10. The van der Waals surface area contributed by atoms with Crippen molar-refractivity contribution in [3.05, 3.63) is 83.9 Å². The molecule has 22 heavy (non-hydrogen) atoms. The lowest BCUT2D eigenvalue weighted by molar-refractivity contribution is 1.27. The van der Waals surface area contributed by atoms with Crippen molar-refractivity contribution in [1.29, 1.82) is 0 Å². The highest BCUT2D eigenvalue weighted by atomic mass is 35.5. The Balaban J connectivity index is 1.92. The Morgan fingerprint density at radius 2 is 1.00 bits per heavy atom. The zero-order valence-electron chi connectivity index (χ0n) is 11.7. The molecule has 0 saturated heterocycles. The Morgan fingerprint density at radius 1 is 0.636 bits per heavy atom. The highest BCUT2D eigenvalue weighted by Gasteiger charge is 1.94. The molecular formula is C18H14Cl2N2. The number of nitrogens with zero attached hydrogens (tertiary/aromatic N) is 2. The van der Waals surface area contributed by atoms with Crippen LogP contribution in [0.15, 0.2) is 83.0 Å². The summed E-state index contributed by atoms with van der Waals surface area (Å²) < 4.78 is 0. The summed E-state index contributed by atoms with van der Waals surface area (Å²) in [5.74, 6) is 0. The molecule has 4 heteroatoms. The lowest BCUT2D eigenvalue weighted by Crippen LogP contribution is -1.77. The lowest BCUT2D eigenvalue weighted by atomic mass is 10.2. The summed E-state index contributed by atoms with van der Waals surface area (Å²) in [4.78, 5) is 0. The van der Waals surface area contributed by atoms with Gasteiger partial charge in [-0.05, 0) is 23.3 Å². The van der Waals surface area contributed by atoms with E-state index in [2.05, 4.69) is 10.2 Å². The lowest BCUT2D eigenvalue weighted by Gasteiger charge is -1.95. The zero-order chi connectivity index (χ0) is 15.6. The Hall–Kier alpha value is -2.16. The van der Waals surface area contributed by atoms with Gasteiger partial charge in [0.2, 0.25) is 0 Å². The molecule has 0 aliphatic carbocycles. The highest BCUT2D eigenvalue weighted by Crippen LogP contribution is 2.17. The van der Waals surface area contributed by atoms with Crippen LogP contribution in [0.4, 0.5) is 0 Å². The van der Waals surface area contributed by atoms with Crippen molar-refractivity contribution in [1.82, 2.24) is 0 Å². The van der Waals surface area contributed by atoms with E-state index in [1.165, 1.54) is 12.4 Å². The van der Waals surface area contributed by atoms with Gasteiger partial charge in [0, 0.05) is 10.1 Å². The van der Waals surface area contributed by atoms with Crippen molar-refractivity contribution in [3.63, 3.8) is 0 Å². The van der Waals surface area contributed by atoms with E-state index >= 15 is 0 Å². The first-order chi connectivity index (χ1) is 10.8. The Bertz CT molecular complexity index is 639. The summed E-state index contributed by atoms with van der Waals surface area (Å²) in [6, 6.07) is 19.3. The summed E-state index contributed by atoms with van der Waals surface area (Å²) in [7, 11) is 0. The van der Waals surface area contributed by atoms with Crippen LogP contribution in [0.2, 0.25) is 0 Å². The van der Waals surface area contributed by atoms with Crippen molar-refractivity contribution in [2.45, 2.75) is 0 Å². The Morgan fingerprint density at radius 3 is 1.36 bits per heavy atom. The van der Waals surface area contributed by atoms with Crippen LogP contribution < -0.4 is 0 Å². The molecule has 0 aliphatic rings. The molecule has 0 fully saturated rings. The predicted molar refractivity (Wildman–Crippen MR) is 97.5 cm³/mol. The van der Waals surface area contributed by atoms with E-state index in [4.69, 9.17) is 23.2 Å². The van der Waals surface area contributed by atoms with Crippen molar-refractivity contribution in [2.24, 2.45) is 10.2 Å². The van der Waals surface area contributed by atoms with E-state index in [1.54, 1.807) is 12.2 Å². The first-order valence-corrected chi connectivity index (χ1v) is 7.42. The van der Waals surface area contributed by atoms with Gasteiger partial charge in [-0.25, -0.2) is 0 Å². The average Bonchev–Trinajstić information content (AvgIpc) is 2.59. The first-order valence-electron chi connectivity index (χ1n) is 6.66. The fourth-order valence-corrected chi connectivity index (χ4v) is 2.03. The molecule has 2 rings (SSSR count). The third-order valence-corrected chi connectivity index (χ3v) is 3.43. The number of halogens is 2. The molecule has 0 heterocycles. The second-order valence-electron chi connectivity index (χ2n) is 4.29. The quantitative estimate of drug-likeness (QED) is 0.504. The maximum absolute atomic E-state index is 6.13. The van der Waals surface area contributed by atoms with Gasteiger partial charge in [-0.2, -0.15) is 10.2 Å². The molecule has 0 unspecified atom stereocenters. The Labute approximate surface area is 140 Å². The molecule has 110 valence electrons. The van der Waals surface area contributed by atoms with E-state index in [9.17, 15) is 0 Å². The number of hydrogen-bond donors (Lipinski definition) is 0. The molecule has 0 aliphatic heterocycles. The largest absolute Gasteiger partial charge is 0.159 e. The molecule has 0 aromatic heterocycles. The van der Waals surface area contributed by atoms with Gasteiger partial charge in [0.15, 0.2) is 0 Å². The molecule has 0 spiro atoms. The number of hydrogen-bond acceptors (Lipinski definition) is 2. The minimum Gasteiger partial charge on any atom is -0.159 e. The molecule has 0 radical (unpaired) electrons. The van der Waals surface area contributed by atoms with E-state index in [0.717, 1.165) is 11.1 Å². The van der Waals surface area contributed by atoms with E-state index in [-0.39, 0.29) is 0 Å². The number of rotatable bonds is 5. The average molecular weight is 329 g/mol. The van der Waals surface area contributed by atoms with Crippen LogP contribution in [0, 0.1) is 0 Å². The van der Waals surface area contributed by atoms with Gasteiger partial charge in [-0.3, -0.25) is 0 Å². The van der Waals surface area contributed by atoms with Crippen LogP contribution in [0.25, 0.3) is 10.1 Å². The van der Waals surface area contributed by atoms with Crippen molar-refractivity contribution in [2.75, 3.05) is 0 Å². The molecule has 0 amide bonds. The summed E-state index contributed by atoms with van der Waals surface area (Å²) in [5, 5.41) is 8.98. The standard InChI is InChI=1S/C18H14Cl2N2/c19-17(15-7-3-1-4-8-15)11-13-21-22-14-12-18(20)16-9-5-2-6-10-16/h1-14H/b17-11-,18-12-,21-13+,22-14+. The van der Waals surface area contributed by atoms with Crippen LogP contribution in [-0.2, 0) is 0 Å². The summed E-state index contributed by atoms with van der Waals surface area (Å²) in [5.41, 5.74) is 1.87. The predicted octanol–water partition coefficient (Wildman–Crippen LogP) is 5.60. The zero-order valence-corrected chi connectivity index (χ0v) is 13.2. The second kappa shape index (κ2) is 8.98. The van der Waals surface area contributed by atoms with Gasteiger partial charge < -0.3 is 0 Å². The van der Waals surface area contributed by atoms with Gasteiger partial charge >= 0.3 is 0 Å². The van der Waals surface area contributed by atoms with Gasteiger partial charge in [-0.1, -0.05) is 83.9 Å². The molecule has 0 atom stereocenters. The maximum atomic E-state index is 6.13. The smallest absolute Gasteiger partial charge is 0.0510 e. The van der Waals surface area contributed by atoms with E-state index in [0.29, 0.717) is 10.1 Å². The molecule has 2 aromatic rings. The molecule has 0 N–H and O–H groups in total. The molecule has 0 saturated carbocycles. The van der Waals surface area contributed by atoms with Crippen LogP contribution in [0.1, 0.15) is 11.1 Å². The summed E-state index contributed by atoms with van der Waals surface area (Å²) >= 11 is 12.3. The normalized spacial score (nSPS) is 13.2. The van der Waals surface area contributed by atoms with Gasteiger partial charge in [0.05, 0.1) is 12.4 Å². The number of allylic oxidation sites excluding steroid dienone is 2. The SMILES string of the molecule is Cl\C(=C/C=N/N=C/C=C(\Cl)c1ccccc1)c1ccccc1. The molecule has 2 nitrogen and oxygen atoms in total. The number of benzene rings is 2. The van der Waals surface area contributed by atoms with Gasteiger partial charge in [-0.15, -0.1) is 0 Å². The van der Waals surface area contributed by atoms with Crippen LogP contribution in [-0.4, -0.2) is 12.4 Å². The van der Waals surface area contributed by atoms with Crippen molar-refractivity contribution < 1.29 is 0 Å². The first kappa shape index (κ1) is 16.2. The maximum Gasteiger partial charge on any atom is 0.0510 e. The van der Waals surface area contributed by atoms with E-state index in [1.807, 2.05) is 60.7 Å². The third kappa shape index (κ3) is 5.32. The molecule has 2 aromatic carbocycles. The minimum absolute atomic E-state index is 0.609. The third-order valence-electron chi connectivity index (χ3n) is 2.74. The summed E-state index contributed by atoms with van der Waals surface area (Å²) in [6.45, 7) is 0. The highest BCUT2D eigenvalue weighted by molar-refractivity contribution is 6.50. The fraction of sp³-hybridized carbons (Fsp3) is 0. The van der Waals surface area contributed by atoms with Gasteiger partial charge in [0.25, 0.3) is 0 Å². The van der Waals surface area contributed by atoms with Crippen LogP contribution >= 0.6 is 23.2 Å². The minimum atomic E-state index is 0.609. The topological polar surface area (TPSA) is 24.7 Å². The molecule has 0 bridgehead atoms. The van der Waals surface area contributed by atoms with Crippen LogP contribution in [0.5, 0.6) is 0 Å². The van der Waals surface area contributed by atoms with Crippen molar-refractivity contribution >= 4 is 45.7 Å². The Kier molecular flexibility index (Phi) is 6.62. The summed E-state index contributed by atoms with van der Waals surface area (Å²) in [6.07, 6.45) is 6.46. The van der Waals surface area contributed by atoms with E-state index < -0.39 is 0 Å². The van der Waals surface area contributed by atoms with Crippen LogP contribution in [0.3, 0.4) is 0 Å².